The molecule has 1 aromatic rings. The van der Waals surface area contributed by atoms with Crippen LogP contribution in [0.3, 0.4) is 0 Å². The largest absolute Gasteiger partial charge is 0.398 e. The highest BCUT2D eigenvalue weighted by molar-refractivity contribution is 6.33. The van der Waals surface area contributed by atoms with Crippen LogP contribution in [-0.4, -0.2) is 18.5 Å². The second-order valence-corrected chi connectivity index (χ2v) is 6.00. The molecule has 0 aliphatic heterocycles. The standard InChI is InChI=1S/C13H21ClN2/c1-13(2,3)9-16(4)8-10-5-6-11(14)12(15)7-10/h5-7H,8-9,15H2,1-4H3. The van der Waals surface area contributed by atoms with E-state index in [1.807, 2.05) is 18.2 Å². The summed E-state index contributed by atoms with van der Waals surface area (Å²) in [6.07, 6.45) is 0. The van der Waals surface area contributed by atoms with Gasteiger partial charge in [0.2, 0.25) is 0 Å². The van der Waals surface area contributed by atoms with Crippen molar-refractivity contribution in [2.24, 2.45) is 5.41 Å². The van der Waals surface area contributed by atoms with Crippen molar-refractivity contribution >= 4 is 17.3 Å². The molecule has 0 aromatic heterocycles. The molecular weight excluding hydrogens is 220 g/mol. The number of nitrogen functional groups attached to an aromatic ring is 1. The predicted molar refractivity (Wildman–Crippen MR) is 71.7 cm³/mol. The lowest BCUT2D eigenvalue weighted by Crippen LogP contribution is -2.28. The number of benzene rings is 1. The molecule has 2 N–H and O–H groups in total. The van der Waals surface area contributed by atoms with E-state index in [0.29, 0.717) is 16.1 Å². The average Bonchev–Trinajstić information content (AvgIpc) is 2.08. The van der Waals surface area contributed by atoms with Gasteiger partial charge in [-0.15, -0.1) is 0 Å². The van der Waals surface area contributed by atoms with Crippen molar-refractivity contribution in [3.8, 4) is 0 Å². The maximum Gasteiger partial charge on any atom is 0.0635 e. The second-order valence-electron chi connectivity index (χ2n) is 5.59. The normalized spacial score (nSPS) is 12.1. The summed E-state index contributed by atoms with van der Waals surface area (Å²) in [6.45, 7) is 8.66. The highest BCUT2D eigenvalue weighted by Crippen LogP contribution is 2.21. The molecule has 0 aliphatic carbocycles. The van der Waals surface area contributed by atoms with Crippen LogP contribution in [-0.2, 0) is 6.54 Å². The van der Waals surface area contributed by atoms with Gasteiger partial charge in [-0.3, -0.25) is 0 Å². The highest BCUT2D eigenvalue weighted by Gasteiger charge is 2.13. The molecule has 0 spiro atoms. The van der Waals surface area contributed by atoms with E-state index in [-0.39, 0.29) is 0 Å². The van der Waals surface area contributed by atoms with Crippen molar-refractivity contribution in [1.82, 2.24) is 4.90 Å². The summed E-state index contributed by atoms with van der Waals surface area (Å²) in [7, 11) is 2.12. The topological polar surface area (TPSA) is 29.3 Å². The van der Waals surface area contributed by atoms with Gasteiger partial charge in [-0.25, -0.2) is 0 Å². The molecule has 0 radical (unpaired) electrons. The SMILES string of the molecule is CN(Cc1ccc(Cl)c(N)c1)CC(C)(C)C. The zero-order valence-corrected chi connectivity index (χ0v) is 11.3. The smallest absolute Gasteiger partial charge is 0.0635 e. The third kappa shape index (κ3) is 4.42. The predicted octanol–water partition coefficient (Wildman–Crippen LogP) is 3.40. The van der Waals surface area contributed by atoms with Gasteiger partial charge in [-0.05, 0) is 30.2 Å². The number of anilines is 1. The molecule has 0 bridgehead atoms. The van der Waals surface area contributed by atoms with Gasteiger partial charge in [-0.2, -0.15) is 0 Å². The van der Waals surface area contributed by atoms with E-state index in [2.05, 4.69) is 32.7 Å². The number of halogens is 1. The Hall–Kier alpha value is -0.730. The zero-order valence-electron chi connectivity index (χ0n) is 10.5. The molecule has 0 amide bonds. The Labute approximate surface area is 103 Å². The molecule has 3 heteroatoms. The summed E-state index contributed by atoms with van der Waals surface area (Å²) < 4.78 is 0. The monoisotopic (exact) mass is 240 g/mol. The zero-order chi connectivity index (χ0) is 12.3. The number of nitrogens with zero attached hydrogens (tertiary/aromatic N) is 1. The first kappa shape index (κ1) is 13.3. The summed E-state index contributed by atoms with van der Waals surface area (Å²) in [5.41, 5.74) is 7.94. The van der Waals surface area contributed by atoms with Crippen molar-refractivity contribution in [2.75, 3.05) is 19.3 Å². The Morgan fingerprint density at radius 3 is 2.44 bits per heavy atom. The molecule has 0 heterocycles. The van der Waals surface area contributed by atoms with E-state index in [9.17, 15) is 0 Å². The Morgan fingerprint density at radius 1 is 1.31 bits per heavy atom. The second kappa shape index (κ2) is 5.07. The molecule has 0 saturated heterocycles. The molecular formula is C13H21ClN2. The third-order valence-electron chi connectivity index (χ3n) is 2.26. The van der Waals surface area contributed by atoms with Crippen molar-refractivity contribution < 1.29 is 0 Å². The van der Waals surface area contributed by atoms with Crippen molar-refractivity contribution in [2.45, 2.75) is 27.3 Å². The van der Waals surface area contributed by atoms with E-state index in [4.69, 9.17) is 17.3 Å². The molecule has 1 aromatic carbocycles. The maximum absolute atomic E-state index is 5.89. The van der Waals surface area contributed by atoms with Gasteiger partial charge in [-0.1, -0.05) is 38.4 Å². The van der Waals surface area contributed by atoms with Crippen LogP contribution < -0.4 is 5.73 Å². The molecule has 1 rings (SSSR count). The van der Waals surface area contributed by atoms with Crippen molar-refractivity contribution in [1.29, 1.82) is 0 Å². The van der Waals surface area contributed by atoms with E-state index < -0.39 is 0 Å². The van der Waals surface area contributed by atoms with Crippen LogP contribution in [0.4, 0.5) is 5.69 Å². The van der Waals surface area contributed by atoms with Crippen LogP contribution in [0.1, 0.15) is 26.3 Å². The lowest BCUT2D eigenvalue weighted by Gasteiger charge is -2.26. The minimum Gasteiger partial charge on any atom is -0.398 e. The molecule has 0 aliphatic rings. The first-order valence-corrected chi connectivity index (χ1v) is 5.88. The summed E-state index contributed by atoms with van der Waals surface area (Å²) >= 11 is 5.89. The Balaban J connectivity index is 2.63. The van der Waals surface area contributed by atoms with Gasteiger partial charge in [0.1, 0.15) is 0 Å². The number of rotatable bonds is 3. The summed E-state index contributed by atoms with van der Waals surface area (Å²) in [5.74, 6) is 0. The lowest BCUT2D eigenvalue weighted by atomic mass is 9.96. The fourth-order valence-electron chi connectivity index (χ4n) is 1.87. The van der Waals surface area contributed by atoms with Crippen LogP contribution in [0.15, 0.2) is 18.2 Å². The summed E-state index contributed by atoms with van der Waals surface area (Å²) in [6, 6.07) is 5.83. The Morgan fingerprint density at radius 2 is 1.94 bits per heavy atom. The molecule has 0 unspecified atom stereocenters. The van der Waals surface area contributed by atoms with E-state index in [1.54, 1.807) is 0 Å². The molecule has 0 atom stereocenters. The quantitative estimate of drug-likeness (QED) is 0.821. The van der Waals surface area contributed by atoms with Crippen molar-refractivity contribution in [3.63, 3.8) is 0 Å². The van der Waals surface area contributed by atoms with Gasteiger partial charge in [0.25, 0.3) is 0 Å². The molecule has 2 nitrogen and oxygen atoms in total. The molecule has 0 fully saturated rings. The van der Waals surface area contributed by atoms with Gasteiger partial charge in [0.05, 0.1) is 10.7 Å². The minimum absolute atomic E-state index is 0.312. The van der Waals surface area contributed by atoms with Gasteiger partial charge in [0, 0.05) is 13.1 Å². The van der Waals surface area contributed by atoms with Crippen LogP contribution in [0.5, 0.6) is 0 Å². The van der Waals surface area contributed by atoms with Crippen molar-refractivity contribution in [3.05, 3.63) is 28.8 Å². The highest BCUT2D eigenvalue weighted by atomic mass is 35.5. The molecule has 16 heavy (non-hydrogen) atoms. The van der Waals surface area contributed by atoms with Crippen LogP contribution in [0, 0.1) is 5.41 Å². The van der Waals surface area contributed by atoms with Gasteiger partial charge in [0.15, 0.2) is 0 Å². The fraction of sp³-hybridized carbons (Fsp3) is 0.538. The summed E-state index contributed by atoms with van der Waals surface area (Å²) in [4.78, 5) is 2.29. The summed E-state index contributed by atoms with van der Waals surface area (Å²) in [5, 5.41) is 0.627. The van der Waals surface area contributed by atoms with Gasteiger partial charge >= 0.3 is 0 Å². The molecule has 90 valence electrons. The molecule has 0 saturated carbocycles. The minimum atomic E-state index is 0.312. The van der Waals surface area contributed by atoms with E-state index >= 15 is 0 Å². The van der Waals surface area contributed by atoms with E-state index in [0.717, 1.165) is 13.1 Å². The van der Waals surface area contributed by atoms with Crippen LogP contribution in [0.25, 0.3) is 0 Å². The fourth-order valence-corrected chi connectivity index (χ4v) is 1.99. The first-order valence-electron chi connectivity index (χ1n) is 5.50. The van der Waals surface area contributed by atoms with Crippen LogP contribution in [0.2, 0.25) is 5.02 Å². The number of nitrogens with two attached hydrogens (primary N) is 1. The lowest BCUT2D eigenvalue weighted by molar-refractivity contribution is 0.221. The van der Waals surface area contributed by atoms with Gasteiger partial charge < -0.3 is 10.6 Å². The number of hydrogen-bond donors (Lipinski definition) is 1. The first-order chi connectivity index (χ1) is 7.28. The Bertz CT molecular complexity index is 355. The van der Waals surface area contributed by atoms with Crippen LogP contribution >= 0.6 is 11.6 Å². The maximum atomic E-state index is 5.89. The van der Waals surface area contributed by atoms with E-state index in [1.165, 1.54) is 5.56 Å². The third-order valence-corrected chi connectivity index (χ3v) is 2.60. The number of hydrogen-bond acceptors (Lipinski definition) is 2. The Kier molecular flexibility index (Phi) is 4.22. The average molecular weight is 241 g/mol.